The van der Waals surface area contributed by atoms with Gasteiger partial charge in [0.1, 0.15) is 5.69 Å². The van der Waals surface area contributed by atoms with Gasteiger partial charge in [-0.25, -0.2) is 4.98 Å². The van der Waals surface area contributed by atoms with E-state index in [0.29, 0.717) is 25.2 Å². The zero-order valence-corrected chi connectivity index (χ0v) is 19.4. The number of anilines is 3. The second-order valence-electron chi connectivity index (χ2n) is 8.25. The van der Waals surface area contributed by atoms with Gasteiger partial charge in [0.25, 0.3) is 5.91 Å². The number of carbonyl (C=O) groups is 2. The van der Waals surface area contributed by atoms with Crippen molar-refractivity contribution in [1.29, 1.82) is 0 Å². The standard InChI is InChI=1S/C23H27N7O2S/c1-2-21(31)29-11-9-28(10-12-29)20-6-4-3-5-18(20)25-22(32)19-15-33-23(26-19)30-8-7-17-16(14-30)13-24-27-17/h3-6,13,15H,2,7-12,14H2,1H3,(H,24,27)(H,25,32). The van der Waals surface area contributed by atoms with Crippen LogP contribution < -0.4 is 15.1 Å². The van der Waals surface area contributed by atoms with Crippen molar-refractivity contribution in [2.75, 3.05) is 47.8 Å². The first kappa shape index (κ1) is 21.4. The third-order valence-corrected chi connectivity index (χ3v) is 7.12. The highest BCUT2D eigenvalue weighted by atomic mass is 32.1. The van der Waals surface area contributed by atoms with Crippen molar-refractivity contribution < 1.29 is 9.59 Å². The molecule has 2 N–H and O–H groups in total. The van der Waals surface area contributed by atoms with Crippen LogP contribution in [0.1, 0.15) is 35.1 Å². The zero-order chi connectivity index (χ0) is 22.8. The molecule has 33 heavy (non-hydrogen) atoms. The van der Waals surface area contributed by atoms with Gasteiger partial charge < -0.3 is 20.0 Å². The third-order valence-electron chi connectivity index (χ3n) is 6.22. The molecule has 0 spiro atoms. The van der Waals surface area contributed by atoms with Crippen LogP contribution in [0, 0.1) is 0 Å². The molecule has 0 unspecified atom stereocenters. The summed E-state index contributed by atoms with van der Waals surface area (Å²) in [4.78, 5) is 35.9. The van der Waals surface area contributed by atoms with E-state index in [4.69, 9.17) is 0 Å². The minimum atomic E-state index is -0.217. The molecule has 5 rings (SSSR count). The summed E-state index contributed by atoms with van der Waals surface area (Å²) >= 11 is 1.49. The van der Waals surface area contributed by atoms with Gasteiger partial charge in [-0.3, -0.25) is 14.7 Å². The van der Waals surface area contributed by atoms with Gasteiger partial charge in [-0.15, -0.1) is 11.3 Å². The molecule has 2 amide bonds. The molecule has 172 valence electrons. The lowest BCUT2D eigenvalue weighted by atomic mass is 10.1. The molecule has 1 fully saturated rings. The molecule has 0 saturated carbocycles. The number of H-pyrrole nitrogens is 1. The second kappa shape index (κ2) is 9.22. The number of para-hydroxylation sites is 2. The molecule has 0 bridgehead atoms. The summed E-state index contributed by atoms with van der Waals surface area (Å²) in [6.45, 7) is 6.35. The van der Waals surface area contributed by atoms with Crippen molar-refractivity contribution in [3.63, 3.8) is 0 Å². The first-order valence-electron chi connectivity index (χ1n) is 11.3. The van der Waals surface area contributed by atoms with Crippen LogP contribution in [0.25, 0.3) is 0 Å². The Kier molecular flexibility index (Phi) is 5.99. The number of rotatable bonds is 5. The molecule has 2 aromatic heterocycles. The Hall–Kier alpha value is -3.40. The molecule has 10 heteroatoms. The molecule has 1 aromatic carbocycles. The van der Waals surface area contributed by atoms with Crippen LogP contribution in [-0.2, 0) is 17.8 Å². The highest BCUT2D eigenvalue weighted by Gasteiger charge is 2.24. The van der Waals surface area contributed by atoms with E-state index in [2.05, 4.69) is 30.3 Å². The predicted octanol–water partition coefficient (Wildman–Crippen LogP) is 2.74. The lowest BCUT2D eigenvalue weighted by Gasteiger charge is -2.36. The number of benzene rings is 1. The van der Waals surface area contributed by atoms with E-state index in [1.807, 2.05) is 47.7 Å². The van der Waals surface area contributed by atoms with Crippen LogP contribution in [0.5, 0.6) is 0 Å². The highest BCUT2D eigenvalue weighted by molar-refractivity contribution is 7.13. The minimum absolute atomic E-state index is 0.188. The van der Waals surface area contributed by atoms with Gasteiger partial charge in [0, 0.05) is 68.7 Å². The van der Waals surface area contributed by atoms with Crippen molar-refractivity contribution in [3.8, 4) is 0 Å². The van der Waals surface area contributed by atoms with Crippen LogP contribution in [0.3, 0.4) is 0 Å². The summed E-state index contributed by atoms with van der Waals surface area (Å²) in [6.07, 6.45) is 3.28. The summed E-state index contributed by atoms with van der Waals surface area (Å²) in [7, 11) is 0. The lowest BCUT2D eigenvalue weighted by molar-refractivity contribution is -0.131. The van der Waals surface area contributed by atoms with Gasteiger partial charge in [0.15, 0.2) is 5.13 Å². The van der Waals surface area contributed by atoms with Crippen molar-refractivity contribution in [2.24, 2.45) is 0 Å². The van der Waals surface area contributed by atoms with Gasteiger partial charge in [0.05, 0.1) is 17.6 Å². The average molecular weight is 466 g/mol. The monoisotopic (exact) mass is 465 g/mol. The maximum Gasteiger partial charge on any atom is 0.275 e. The van der Waals surface area contributed by atoms with E-state index in [9.17, 15) is 9.59 Å². The number of nitrogens with one attached hydrogen (secondary N) is 2. The average Bonchev–Trinajstić information content (AvgIpc) is 3.53. The Morgan fingerprint density at radius 1 is 1.12 bits per heavy atom. The molecular weight excluding hydrogens is 438 g/mol. The van der Waals surface area contributed by atoms with Crippen molar-refractivity contribution in [1.82, 2.24) is 20.1 Å². The van der Waals surface area contributed by atoms with Crippen molar-refractivity contribution in [2.45, 2.75) is 26.3 Å². The molecule has 0 atom stereocenters. The lowest BCUT2D eigenvalue weighted by Crippen LogP contribution is -2.48. The smallest absolute Gasteiger partial charge is 0.275 e. The Morgan fingerprint density at radius 2 is 1.94 bits per heavy atom. The van der Waals surface area contributed by atoms with Crippen LogP contribution in [-0.4, -0.2) is 64.6 Å². The molecule has 9 nitrogen and oxygen atoms in total. The number of aromatic amines is 1. The molecule has 4 heterocycles. The number of nitrogens with zero attached hydrogens (tertiary/aromatic N) is 5. The fraction of sp³-hybridized carbons (Fsp3) is 0.391. The quantitative estimate of drug-likeness (QED) is 0.601. The number of piperazine rings is 1. The van der Waals surface area contributed by atoms with E-state index in [0.717, 1.165) is 49.1 Å². The summed E-state index contributed by atoms with van der Waals surface area (Å²) < 4.78 is 0. The number of carbonyl (C=O) groups excluding carboxylic acids is 2. The number of thiazole rings is 1. The van der Waals surface area contributed by atoms with Gasteiger partial charge >= 0.3 is 0 Å². The van der Waals surface area contributed by atoms with Crippen LogP contribution in [0.4, 0.5) is 16.5 Å². The van der Waals surface area contributed by atoms with Gasteiger partial charge in [-0.05, 0) is 12.1 Å². The normalized spacial score (nSPS) is 16.0. The molecule has 0 radical (unpaired) electrons. The molecule has 2 aliphatic heterocycles. The Labute approximate surface area is 196 Å². The van der Waals surface area contributed by atoms with Gasteiger partial charge in [0.2, 0.25) is 5.91 Å². The maximum atomic E-state index is 13.0. The van der Waals surface area contributed by atoms with Crippen molar-refractivity contribution >= 4 is 39.7 Å². The van der Waals surface area contributed by atoms with Crippen LogP contribution in [0.15, 0.2) is 35.8 Å². The molecule has 3 aromatic rings. The fourth-order valence-corrected chi connectivity index (χ4v) is 5.19. The third kappa shape index (κ3) is 4.43. The van der Waals surface area contributed by atoms with Crippen LogP contribution >= 0.6 is 11.3 Å². The summed E-state index contributed by atoms with van der Waals surface area (Å²) in [5.41, 5.74) is 4.50. The van der Waals surface area contributed by atoms with Crippen molar-refractivity contribution in [3.05, 3.63) is 52.8 Å². The van der Waals surface area contributed by atoms with E-state index in [1.54, 1.807) is 0 Å². The topological polar surface area (TPSA) is 97.5 Å². The Bertz CT molecular complexity index is 1150. The zero-order valence-electron chi connectivity index (χ0n) is 18.6. The van der Waals surface area contributed by atoms with E-state index >= 15 is 0 Å². The molecule has 1 saturated heterocycles. The SMILES string of the molecule is CCC(=O)N1CCN(c2ccccc2NC(=O)c2csc(N3CCc4[nH]ncc4C3)n2)CC1. The summed E-state index contributed by atoms with van der Waals surface area (Å²) in [6, 6.07) is 7.80. The van der Waals surface area contributed by atoms with E-state index in [-0.39, 0.29) is 11.8 Å². The number of amides is 2. The minimum Gasteiger partial charge on any atom is -0.366 e. The largest absolute Gasteiger partial charge is 0.366 e. The van der Waals surface area contributed by atoms with Crippen LogP contribution in [0.2, 0.25) is 0 Å². The Morgan fingerprint density at radius 3 is 2.76 bits per heavy atom. The van der Waals surface area contributed by atoms with Gasteiger partial charge in [-0.2, -0.15) is 5.10 Å². The molecule has 2 aliphatic rings. The first-order valence-corrected chi connectivity index (χ1v) is 12.1. The maximum absolute atomic E-state index is 13.0. The highest BCUT2D eigenvalue weighted by Crippen LogP contribution is 2.29. The van der Waals surface area contributed by atoms with E-state index in [1.165, 1.54) is 22.6 Å². The van der Waals surface area contributed by atoms with E-state index < -0.39 is 0 Å². The first-order chi connectivity index (χ1) is 16.1. The number of aromatic nitrogens is 3. The fourth-order valence-electron chi connectivity index (χ4n) is 4.36. The van der Waals surface area contributed by atoms with Gasteiger partial charge in [-0.1, -0.05) is 19.1 Å². The number of hydrogen-bond donors (Lipinski definition) is 2. The number of hydrogen-bond acceptors (Lipinski definition) is 7. The number of fused-ring (bicyclic) bond motifs is 1. The summed E-state index contributed by atoms with van der Waals surface area (Å²) in [5.74, 6) is -0.0287. The Balaban J connectivity index is 1.25. The summed E-state index contributed by atoms with van der Waals surface area (Å²) in [5, 5.41) is 12.9. The second-order valence-corrected chi connectivity index (χ2v) is 9.09. The molecular formula is C23H27N7O2S. The predicted molar refractivity (Wildman–Crippen MR) is 129 cm³/mol. The molecule has 0 aliphatic carbocycles.